The minimum Gasteiger partial charge on any atom is -0.455 e. The zero-order valence-electron chi connectivity index (χ0n) is 16.7. The summed E-state index contributed by atoms with van der Waals surface area (Å²) < 4.78 is 6.44. The molecule has 0 aliphatic heterocycles. The van der Waals surface area contributed by atoms with Gasteiger partial charge in [0, 0.05) is 13.1 Å². The third-order valence-electron chi connectivity index (χ3n) is 4.99. The van der Waals surface area contributed by atoms with Crippen molar-refractivity contribution in [3.63, 3.8) is 0 Å². The van der Waals surface area contributed by atoms with E-state index < -0.39 is 23.8 Å². The lowest BCUT2D eigenvalue weighted by Crippen LogP contribution is -2.43. The summed E-state index contributed by atoms with van der Waals surface area (Å²) in [6, 6.07) is 0. The van der Waals surface area contributed by atoms with E-state index >= 15 is 0 Å². The maximum atomic E-state index is 12.8. The first-order chi connectivity index (χ1) is 13.4. The van der Waals surface area contributed by atoms with Gasteiger partial charge in [0.25, 0.3) is 11.5 Å². The molecule has 3 N–H and O–H groups in total. The van der Waals surface area contributed by atoms with E-state index in [1.807, 2.05) is 13.8 Å². The van der Waals surface area contributed by atoms with Gasteiger partial charge in [0.05, 0.1) is 5.92 Å². The Balaban J connectivity index is 2.26. The van der Waals surface area contributed by atoms with Gasteiger partial charge in [0.15, 0.2) is 12.3 Å². The molecule has 1 aromatic heterocycles. The Labute approximate surface area is 163 Å². The highest BCUT2D eigenvalue weighted by molar-refractivity contribution is 5.97. The summed E-state index contributed by atoms with van der Waals surface area (Å²) in [5.41, 5.74) is 4.68. The lowest BCUT2D eigenvalue weighted by molar-refractivity contribution is -0.151. The minimum absolute atomic E-state index is 0.0535. The number of carbonyl (C=O) groups is 2. The van der Waals surface area contributed by atoms with Gasteiger partial charge >= 0.3 is 11.7 Å². The van der Waals surface area contributed by atoms with Crippen molar-refractivity contribution in [2.45, 2.75) is 65.3 Å². The summed E-state index contributed by atoms with van der Waals surface area (Å²) in [6.07, 6.45) is 5.59. The number of esters is 1. The van der Waals surface area contributed by atoms with Crippen LogP contribution >= 0.6 is 0 Å². The highest BCUT2D eigenvalue weighted by Crippen LogP contribution is 2.26. The van der Waals surface area contributed by atoms with E-state index in [4.69, 9.17) is 10.5 Å². The largest absolute Gasteiger partial charge is 0.455 e. The summed E-state index contributed by atoms with van der Waals surface area (Å²) >= 11 is 0. The molecule has 0 spiro atoms. The van der Waals surface area contributed by atoms with Crippen LogP contribution in [-0.2, 0) is 20.9 Å². The lowest BCUT2D eigenvalue weighted by Gasteiger charge is -2.24. The molecule has 9 heteroatoms. The zero-order chi connectivity index (χ0) is 20.7. The highest BCUT2D eigenvalue weighted by Gasteiger charge is 2.27. The molecule has 1 aliphatic rings. The van der Waals surface area contributed by atoms with Crippen LogP contribution in [0.4, 0.5) is 11.5 Å². The number of rotatable bonds is 9. The van der Waals surface area contributed by atoms with Crippen molar-refractivity contribution in [1.29, 1.82) is 0 Å². The molecule has 9 nitrogen and oxygen atoms in total. The molecule has 1 saturated carbocycles. The number of aromatic amines is 1. The van der Waals surface area contributed by atoms with Crippen LogP contribution in [-0.4, -0.2) is 34.6 Å². The van der Waals surface area contributed by atoms with E-state index in [9.17, 15) is 19.2 Å². The Kier molecular flexibility index (Phi) is 7.83. The predicted molar refractivity (Wildman–Crippen MR) is 106 cm³/mol. The maximum absolute atomic E-state index is 12.8. The zero-order valence-corrected chi connectivity index (χ0v) is 16.7. The van der Waals surface area contributed by atoms with Crippen molar-refractivity contribution >= 4 is 23.4 Å². The van der Waals surface area contributed by atoms with E-state index in [1.54, 1.807) is 0 Å². The highest BCUT2D eigenvalue weighted by atomic mass is 16.5. The Morgan fingerprint density at radius 2 is 1.89 bits per heavy atom. The van der Waals surface area contributed by atoms with Gasteiger partial charge in [-0.2, -0.15) is 0 Å². The fourth-order valence-corrected chi connectivity index (χ4v) is 3.45. The second kappa shape index (κ2) is 10.1. The minimum atomic E-state index is -0.721. The molecule has 0 radical (unpaired) electrons. The second-order valence-corrected chi connectivity index (χ2v) is 7.13. The summed E-state index contributed by atoms with van der Waals surface area (Å²) in [5, 5.41) is 0. The molecule has 2 rings (SSSR count). The van der Waals surface area contributed by atoms with Crippen LogP contribution in [0.2, 0.25) is 0 Å². The molecular weight excluding hydrogens is 364 g/mol. The van der Waals surface area contributed by atoms with Gasteiger partial charge in [-0.3, -0.25) is 23.9 Å². The van der Waals surface area contributed by atoms with Gasteiger partial charge in [-0.25, -0.2) is 4.79 Å². The van der Waals surface area contributed by atoms with Crippen molar-refractivity contribution < 1.29 is 14.3 Å². The molecular formula is C19H30N4O5. The summed E-state index contributed by atoms with van der Waals surface area (Å²) in [7, 11) is 0. The number of aromatic nitrogens is 2. The van der Waals surface area contributed by atoms with Crippen LogP contribution in [0, 0.1) is 5.92 Å². The number of nitrogens with two attached hydrogens (primary N) is 1. The van der Waals surface area contributed by atoms with Crippen LogP contribution in [0.3, 0.4) is 0 Å². The van der Waals surface area contributed by atoms with Crippen molar-refractivity contribution in [1.82, 2.24) is 9.55 Å². The smallest absolute Gasteiger partial charge is 0.330 e. The second-order valence-electron chi connectivity index (χ2n) is 7.13. The topological polar surface area (TPSA) is 127 Å². The standard InChI is InChI=1S/C19H30N4O5/c1-3-5-11-22(14(24)12-28-18(26)13-8-6-7-9-13)15-16(20)23(10-4-2)19(27)21-17(15)25/h13H,3-12,20H2,1-2H3,(H,21,25,27). The molecule has 0 atom stereocenters. The molecule has 28 heavy (non-hydrogen) atoms. The average molecular weight is 394 g/mol. The average Bonchev–Trinajstić information content (AvgIpc) is 3.20. The molecule has 1 amide bonds. The molecule has 0 aromatic carbocycles. The van der Waals surface area contributed by atoms with Crippen LogP contribution in [0.5, 0.6) is 0 Å². The molecule has 0 bridgehead atoms. The fraction of sp³-hybridized carbons (Fsp3) is 0.684. The predicted octanol–water partition coefficient (Wildman–Crippen LogP) is 1.40. The number of hydrogen-bond donors (Lipinski definition) is 2. The van der Waals surface area contributed by atoms with Gasteiger partial charge in [0.1, 0.15) is 5.82 Å². The van der Waals surface area contributed by atoms with E-state index in [0.29, 0.717) is 19.4 Å². The Morgan fingerprint density at radius 3 is 2.50 bits per heavy atom. The van der Waals surface area contributed by atoms with Gasteiger partial charge in [-0.15, -0.1) is 0 Å². The summed E-state index contributed by atoms with van der Waals surface area (Å²) in [4.78, 5) is 52.8. The van der Waals surface area contributed by atoms with Gasteiger partial charge < -0.3 is 15.4 Å². The number of amides is 1. The van der Waals surface area contributed by atoms with E-state index in [-0.39, 0.29) is 29.9 Å². The first-order valence-electron chi connectivity index (χ1n) is 10.00. The van der Waals surface area contributed by atoms with Crippen molar-refractivity contribution in [3.05, 3.63) is 20.8 Å². The summed E-state index contributed by atoms with van der Waals surface area (Å²) in [5.74, 6) is -1.11. The van der Waals surface area contributed by atoms with Gasteiger partial charge in [-0.05, 0) is 25.7 Å². The van der Waals surface area contributed by atoms with E-state index in [2.05, 4.69) is 4.98 Å². The first-order valence-corrected chi connectivity index (χ1v) is 10.00. The third kappa shape index (κ3) is 5.02. The monoisotopic (exact) mass is 394 g/mol. The van der Waals surface area contributed by atoms with Crippen LogP contribution in [0.1, 0.15) is 58.8 Å². The van der Waals surface area contributed by atoms with Crippen molar-refractivity contribution in [2.75, 3.05) is 23.8 Å². The van der Waals surface area contributed by atoms with Crippen molar-refractivity contribution in [2.24, 2.45) is 5.92 Å². The van der Waals surface area contributed by atoms with Crippen LogP contribution < -0.4 is 21.9 Å². The molecule has 0 unspecified atom stereocenters. The maximum Gasteiger partial charge on any atom is 0.330 e. The molecule has 156 valence electrons. The van der Waals surface area contributed by atoms with Crippen LogP contribution in [0.25, 0.3) is 0 Å². The van der Waals surface area contributed by atoms with E-state index in [1.165, 1.54) is 9.47 Å². The molecule has 1 heterocycles. The summed E-state index contributed by atoms with van der Waals surface area (Å²) in [6.45, 7) is 3.94. The SMILES string of the molecule is CCCCN(C(=O)COC(=O)C1CCCC1)c1c(N)n(CCC)c(=O)[nH]c1=O. The first kappa shape index (κ1) is 21.7. The normalized spacial score (nSPS) is 14.2. The Morgan fingerprint density at radius 1 is 1.21 bits per heavy atom. The Bertz CT molecular complexity index is 808. The number of anilines is 2. The van der Waals surface area contributed by atoms with Crippen LogP contribution in [0.15, 0.2) is 9.59 Å². The lowest BCUT2D eigenvalue weighted by atomic mass is 10.1. The number of nitrogens with one attached hydrogen (secondary N) is 1. The Hall–Kier alpha value is -2.58. The molecule has 1 aliphatic carbocycles. The number of unbranched alkanes of at least 4 members (excludes halogenated alkanes) is 1. The number of ether oxygens (including phenoxy) is 1. The number of nitrogens with zero attached hydrogens (tertiary/aromatic N) is 2. The van der Waals surface area contributed by atoms with E-state index in [0.717, 1.165) is 32.1 Å². The third-order valence-corrected chi connectivity index (χ3v) is 4.99. The molecule has 1 aromatic rings. The quantitative estimate of drug-likeness (QED) is 0.609. The van der Waals surface area contributed by atoms with Gasteiger partial charge in [-0.1, -0.05) is 33.1 Å². The number of H-pyrrole nitrogens is 1. The van der Waals surface area contributed by atoms with Gasteiger partial charge in [0.2, 0.25) is 0 Å². The molecule has 0 saturated heterocycles. The number of carbonyl (C=O) groups excluding carboxylic acids is 2. The fourth-order valence-electron chi connectivity index (χ4n) is 3.45. The number of hydrogen-bond acceptors (Lipinski definition) is 6. The molecule has 1 fully saturated rings. The van der Waals surface area contributed by atoms with Crippen molar-refractivity contribution in [3.8, 4) is 0 Å². The number of nitrogen functional groups attached to an aromatic ring is 1.